The zero-order valence-corrected chi connectivity index (χ0v) is 13.8. The van der Waals surface area contributed by atoms with Crippen molar-refractivity contribution in [3.63, 3.8) is 0 Å². The Morgan fingerprint density at radius 1 is 1.18 bits per heavy atom. The average Bonchev–Trinajstić information content (AvgIpc) is 2.36. The number of rotatable bonds is 2. The molecule has 3 nitrogen and oxygen atoms in total. The summed E-state index contributed by atoms with van der Waals surface area (Å²) in [6.45, 7) is 4.50. The van der Waals surface area contributed by atoms with Gasteiger partial charge in [0.05, 0.1) is 15.5 Å². The molecule has 0 aliphatic carbocycles. The lowest BCUT2D eigenvalue weighted by Crippen LogP contribution is -2.42. The van der Waals surface area contributed by atoms with Crippen molar-refractivity contribution in [3.05, 3.63) is 28.8 Å². The largest absolute Gasteiger partial charge is 0.417 e. The highest BCUT2D eigenvalue weighted by molar-refractivity contribution is 7.89. The lowest BCUT2D eigenvalue weighted by atomic mass is 9.94. The van der Waals surface area contributed by atoms with Crippen molar-refractivity contribution in [1.29, 1.82) is 0 Å². The van der Waals surface area contributed by atoms with Crippen LogP contribution in [0.2, 0.25) is 5.02 Å². The van der Waals surface area contributed by atoms with Crippen molar-refractivity contribution in [2.45, 2.75) is 31.3 Å². The van der Waals surface area contributed by atoms with E-state index in [0.717, 1.165) is 18.6 Å². The Bertz CT molecular complexity index is 651. The first-order valence-corrected chi connectivity index (χ1v) is 8.70. The van der Waals surface area contributed by atoms with Crippen molar-refractivity contribution in [2.75, 3.05) is 13.1 Å². The summed E-state index contributed by atoms with van der Waals surface area (Å²) in [5.41, 5.74) is -1.13. The average molecular weight is 356 g/mol. The number of hydrogen-bond acceptors (Lipinski definition) is 2. The number of piperidine rings is 1. The van der Waals surface area contributed by atoms with E-state index in [1.54, 1.807) is 0 Å². The smallest absolute Gasteiger partial charge is 0.207 e. The van der Waals surface area contributed by atoms with E-state index >= 15 is 0 Å². The highest BCUT2D eigenvalue weighted by Gasteiger charge is 2.36. The molecule has 124 valence electrons. The molecule has 0 bridgehead atoms. The quantitative estimate of drug-likeness (QED) is 0.803. The van der Waals surface area contributed by atoms with Crippen molar-refractivity contribution in [1.82, 2.24) is 4.31 Å². The molecule has 0 N–H and O–H groups in total. The second-order valence-electron chi connectivity index (χ2n) is 5.91. The fraction of sp³-hybridized carbons (Fsp3) is 0.571. The molecule has 1 aliphatic rings. The Morgan fingerprint density at radius 2 is 1.73 bits per heavy atom. The third-order valence-electron chi connectivity index (χ3n) is 3.72. The first-order valence-electron chi connectivity index (χ1n) is 6.88. The molecular formula is C14H17ClF3NO2S. The number of benzene rings is 1. The summed E-state index contributed by atoms with van der Waals surface area (Å²) in [6, 6.07) is 2.71. The monoisotopic (exact) mass is 355 g/mol. The Labute approximate surface area is 133 Å². The first-order chi connectivity index (χ1) is 10.0. The highest BCUT2D eigenvalue weighted by atomic mass is 35.5. The second kappa shape index (κ2) is 6.02. The zero-order chi connectivity index (χ0) is 16.7. The number of sulfonamides is 1. The van der Waals surface area contributed by atoms with E-state index in [-0.39, 0.29) is 16.7 Å². The summed E-state index contributed by atoms with van der Waals surface area (Å²) in [5.74, 6) is 0.348. The molecule has 0 aromatic heterocycles. The van der Waals surface area contributed by atoms with Gasteiger partial charge in [0.15, 0.2) is 0 Å². The van der Waals surface area contributed by atoms with Gasteiger partial charge in [0.2, 0.25) is 10.0 Å². The molecule has 0 unspecified atom stereocenters. The highest BCUT2D eigenvalue weighted by Crippen LogP contribution is 2.37. The number of hydrogen-bond donors (Lipinski definition) is 0. The van der Waals surface area contributed by atoms with E-state index in [1.807, 2.05) is 13.8 Å². The van der Waals surface area contributed by atoms with E-state index in [2.05, 4.69) is 0 Å². The summed E-state index contributed by atoms with van der Waals surface area (Å²) in [7, 11) is -3.95. The predicted molar refractivity (Wildman–Crippen MR) is 78.2 cm³/mol. The maximum Gasteiger partial charge on any atom is 0.417 e. The molecule has 1 aliphatic heterocycles. The summed E-state index contributed by atoms with van der Waals surface area (Å²) >= 11 is 5.53. The van der Waals surface area contributed by atoms with Crippen LogP contribution in [0.25, 0.3) is 0 Å². The van der Waals surface area contributed by atoms with Gasteiger partial charge in [-0.2, -0.15) is 17.5 Å². The van der Waals surface area contributed by atoms with Gasteiger partial charge < -0.3 is 0 Å². The van der Waals surface area contributed by atoms with Gasteiger partial charge in [-0.1, -0.05) is 25.4 Å². The molecule has 0 spiro atoms. The Hall–Kier alpha value is -0.790. The molecule has 1 saturated heterocycles. The minimum atomic E-state index is -4.69. The van der Waals surface area contributed by atoms with E-state index < -0.39 is 26.8 Å². The summed E-state index contributed by atoms with van der Waals surface area (Å²) in [5, 5.41) is -0.508. The molecule has 1 aromatic carbocycles. The summed E-state index contributed by atoms with van der Waals surface area (Å²) < 4.78 is 65.1. The minimum Gasteiger partial charge on any atom is -0.207 e. The SMILES string of the molecule is C[C@@H]1C[C@@H](C)CN(S(=O)(=O)c2ccc(Cl)c(C(F)(F)F)c2)C1. The van der Waals surface area contributed by atoms with Gasteiger partial charge in [0.1, 0.15) is 0 Å². The Balaban J connectivity index is 2.42. The molecule has 1 fully saturated rings. The van der Waals surface area contributed by atoms with Crippen LogP contribution in [-0.4, -0.2) is 25.8 Å². The third-order valence-corrected chi connectivity index (χ3v) is 5.87. The summed E-state index contributed by atoms with van der Waals surface area (Å²) in [6.07, 6.45) is -3.79. The van der Waals surface area contributed by atoms with Crippen LogP contribution in [0.1, 0.15) is 25.8 Å². The van der Waals surface area contributed by atoms with Crippen molar-refractivity contribution in [3.8, 4) is 0 Å². The lowest BCUT2D eigenvalue weighted by molar-refractivity contribution is -0.137. The third kappa shape index (κ3) is 3.58. The molecule has 8 heteroatoms. The van der Waals surface area contributed by atoms with Gasteiger partial charge in [-0.15, -0.1) is 0 Å². The number of nitrogens with zero attached hydrogens (tertiary/aromatic N) is 1. The van der Waals surface area contributed by atoms with Gasteiger partial charge in [-0.3, -0.25) is 0 Å². The van der Waals surface area contributed by atoms with E-state index in [1.165, 1.54) is 4.31 Å². The molecule has 1 aromatic rings. The van der Waals surface area contributed by atoms with Crippen LogP contribution >= 0.6 is 11.6 Å². The molecular weight excluding hydrogens is 339 g/mol. The van der Waals surface area contributed by atoms with Crippen LogP contribution in [-0.2, 0) is 16.2 Å². The van der Waals surface area contributed by atoms with Crippen molar-refractivity contribution >= 4 is 21.6 Å². The van der Waals surface area contributed by atoms with Crippen molar-refractivity contribution < 1.29 is 21.6 Å². The molecule has 0 amide bonds. The second-order valence-corrected chi connectivity index (χ2v) is 8.25. The number of alkyl halides is 3. The van der Waals surface area contributed by atoms with Crippen LogP contribution in [0.5, 0.6) is 0 Å². The van der Waals surface area contributed by atoms with Gasteiger partial charge in [0, 0.05) is 13.1 Å². The van der Waals surface area contributed by atoms with Crippen LogP contribution < -0.4 is 0 Å². The van der Waals surface area contributed by atoms with Crippen LogP contribution in [0.15, 0.2) is 23.1 Å². The maximum absolute atomic E-state index is 12.9. The standard InChI is InChI=1S/C14H17ClF3NO2S/c1-9-5-10(2)8-19(7-9)22(20,21)11-3-4-13(15)12(6-11)14(16,17)18/h3-4,6,9-10H,5,7-8H2,1-2H3/t9-,10-/m1/s1. The number of halogens is 4. The van der Waals surface area contributed by atoms with Gasteiger partial charge >= 0.3 is 6.18 Å². The molecule has 2 atom stereocenters. The Kier molecular flexibility index (Phi) is 4.80. The molecule has 0 saturated carbocycles. The van der Waals surface area contributed by atoms with E-state index in [4.69, 9.17) is 11.6 Å². The summed E-state index contributed by atoms with van der Waals surface area (Å²) in [4.78, 5) is -0.370. The van der Waals surface area contributed by atoms with Gasteiger partial charge in [-0.05, 0) is 36.5 Å². The minimum absolute atomic E-state index is 0.174. The van der Waals surface area contributed by atoms with E-state index in [0.29, 0.717) is 19.2 Å². The Morgan fingerprint density at radius 3 is 2.23 bits per heavy atom. The first kappa shape index (κ1) is 17.6. The normalized spacial score (nSPS) is 24.5. The maximum atomic E-state index is 12.9. The topological polar surface area (TPSA) is 37.4 Å². The van der Waals surface area contributed by atoms with Gasteiger partial charge in [-0.25, -0.2) is 8.42 Å². The van der Waals surface area contributed by atoms with E-state index in [9.17, 15) is 21.6 Å². The molecule has 2 rings (SSSR count). The molecule has 1 heterocycles. The predicted octanol–water partition coefficient (Wildman–Crippen LogP) is 4.03. The van der Waals surface area contributed by atoms with Crippen LogP contribution in [0.3, 0.4) is 0 Å². The fourth-order valence-electron chi connectivity index (χ4n) is 2.83. The van der Waals surface area contributed by atoms with Crippen LogP contribution in [0, 0.1) is 11.8 Å². The van der Waals surface area contributed by atoms with Crippen LogP contribution in [0.4, 0.5) is 13.2 Å². The zero-order valence-electron chi connectivity index (χ0n) is 12.2. The fourth-order valence-corrected chi connectivity index (χ4v) is 4.76. The van der Waals surface area contributed by atoms with Gasteiger partial charge in [0.25, 0.3) is 0 Å². The molecule has 22 heavy (non-hydrogen) atoms. The van der Waals surface area contributed by atoms with Crippen molar-refractivity contribution in [2.24, 2.45) is 11.8 Å². The lowest BCUT2D eigenvalue weighted by Gasteiger charge is -2.34. The molecule has 0 radical (unpaired) electrons.